The van der Waals surface area contributed by atoms with Crippen molar-refractivity contribution in [3.63, 3.8) is 0 Å². The second-order valence-corrected chi connectivity index (χ2v) is 6.33. The Hall–Kier alpha value is -3.68. The molecule has 0 amide bonds. The largest absolute Gasteiger partial charge is 0.462 e. The summed E-state index contributed by atoms with van der Waals surface area (Å²) < 4.78 is 43.7. The van der Waals surface area contributed by atoms with Gasteiger partial charge in [-0.2, -0.15) is 13.2 Å². The Labute approximate surface area is 169 Å². The summed E-state index contributed by atoms with van der Waals surface area (Å²) >= 11 is 0. The molecule has 0 aromatic heterocycles. The third-order valence-corrected chi connectivity index (χ3v) is 4.44. The van der Waals surface area contributed by atoms with Crippen molar-refractivity contribution in [3.8, 4) is 22.3 Å². The molecule has 0 heterocycles. The molecule has 0 unspecified atom stereocenters. The lowest BCUT2D eigenvalue weighted by Crippen LogP contribution is -2.08. The van der Waals surface area contributed by atoms with Crippen LogP contribution in [-0.4, -0.2) is 17.5 Å². The van der Waals surface area contributed by atoms with Crippen molar-refractivity contribution in [2.45, 2.75) is 13.1 Å². The van der Waals surface area contributed by atoms with Crippen molar-refractivity contribution in [1.29, 1.82) is 0 Å². The van der Waals surface area contributed by atoms with Crippen LogP contribution in [-0.2, 0) is 10.9 Å². The molecule has 3 aromatic rings. The average Bonchev–Trinajstić information content (AvgIpc) is 2.73. The van der Waals surface area contributed by atoms with Crippen LogP contribution in [0.2, 0.25) is 0 Å². The molecule has 0 aliphatic carbocycles. The number of nitro groups is 1. The molecule has 8 heteroatoms. The number of hydrogen-bond acceptors (Lipinski definition) is 4. The first-order valence-electron chi connectivity index (χ1n) is 8.95. The number of nitrogens with zero attached hydrogens (tertiary/aromatic N) is 1. The van der Waals surface area contributed by atoms with E-state index < -0.39 is 22.6 Å². The molecule has 3 aromatic carbocycles. The maximum absolute atomic E-state index is 12.9. The van der Waals surface area contributed by atoms with E-state index in [0.717, 1.165) is 24.3 Å². The molecule has 0 fully saturated rings. The van der Waals surface area contributed by atoms with Crippen molar-refractivity contribution < 1.29 is 27.6 Å². The second kappa shape index (κ2) is 8.36. The fourth-order valence-corrected chi connectivity index (χ4v) is 3.04. The van der Waals surface area contributed by atoms with Crippen molar-refractivity contribution in [1.82, 2.24) is 0 Å². The zero-order valence-corrected chi connectivity index (χ0v) is 15.8. The fourth-order valence-electron chi connectivity index (χ4n) is 3.04. The van der Waals surface area contributed by atoms with Gasteiger partial charge in [0.2, 0.25) is 0 Å². The van der Waals surface area contributed by atoms with E-state index in [-0.39, 0.29) is 29.0 Å². The van der Waals surface area contributed by atoms with Crippen LogP contribution >= 0.6 is 0 Å². The third-order valence-electron chi connectivity index (χ3n) is 4.44. The Morgan fingerprint density at radius 2 is 1.57 bits per heavy atom. The second-order valence-electron chi connectivity index (χ2n) is 6.33. The van der Waals surface area contributed by atoms with Gasteiger partial charge in [-0.05, 0) is 36.2 Å². The molecule has 0 N–H and O–H groups in total. The van der Waals surface area contributed by atoms with Gasteiger partial charge in [0.15, 0.2) is 0 Å². The minimum Gasteiger partial charge on any atom is -0.462 e. The maximum atomic E-state index is 12.9. The molecule has 0 radical (unpaired) electrons. The van der Waals surface area contributed by atoms with E-state index in [9.17, 15) is 28.1 Å². The minimum absolute atomic E-state index is 0.0245. The predicted octanol–water partition coefficient (Wildman–Crippen LogP) is 6.12. The van der Waals surface area contributed by atoms with E-state index >= 15 is 0 Å². The average molecular weight is 415 g/mol. The van der Waals surface area contributed by atoms with Crippen molar-refractivity contribution >= 4 is 11.7 Å². The molecule has 0 saturated carbocycles. The van der Waals surface area contributed by atoms with Crippen molar-refractivity contribution in [2.24, 2.45) is 0 Å². The van der Waals surface area contributed by atoms with E-state index in [2.05, 4.69) is 0 Å². The highest BCUT2D eigenvalue weighted by atomic mass is 19.4. The molecule has 0 spiro atoms. The number of esters is 1. The van der Waals surface area contributed by atoms with Crippen LogP contribution in [0.5, 0.6) is 0 Å². The van der Waals surface area contributed by atoms with E-state index in [4.69, 9.17) is 4.74 Å². The van der Waals surface area contributed by atoms with E-state index in [0.29, 0.717) is 11.1 Å². The number of carbonyl (C=O) groups excluding carboxylic acids is 1. The molecule has 0 aliphatic heterocycles. The van der Waals surface area contributed by atoms with Gasteiger partial charge in [-0.25, -0.2) is 4.79 Å². The van der Waals surface area contributed by atoms with Gasteiger partial charge in [-0.15, -0.1) is 0 Å². The highest BCUT2D eigenvalue weighted by molar-refractivity contribution is 6.00. The van der Waals surface area contributed by atoms with Gasteiger partial charge < -0.3 is 4.74 Å². The predicted molar refractivity (Wildman–Crippen MR) is 105 cm³/mol. The quantitative estimate of drug-likeness (QED) is 0.286. The lowest BCUT2D eigenvalue weighted by Gasteiger charge is -2.13. The third kappa shape index (κ3) is 4.32. The van der Waals surface area contributed by atoms with Gasteiger partial charge in [0.1, 0.15) is 0 Å². The number of rotatable bonds is 5. The lowest BCUT2D eigenvalue weighted by atomic mass is 9.93. The number of alkyl halides is 3. The normalized spacial score (nSPS) is 11.2. The summed E-state index contributed by atoms with van der Waals surface area (Å²) in [6.45, 7) is 1.72. The number of ether oxygens (including phenoxy) is 1. The molecule has 5 nitrogen and oxygen atoms in total. The molecule has 154 valence electrons. The summed E-state index contributed by atoms with van der Waals surface area (Å²) in [7, 11) is 0. The first-order valence-corrected chi connectivity index (χ1v) is 8.95. The van der Waals surface area contributed by atoms with Gasteiger partial charge in [-0.1, -0.05) is 42.5 Å². The number of halogens is 3. The monoisotopic (exact) mass is 415 g/mol. The van der Waals surface area contributed by atoms with E-state index in [1.165, 1.54) is 12.1 Å². The fraction of sp³-hybridized carbons (Fsp3) is 0.136. The summed E-state index contributed by atoms with van der Waals surface area (Å²) in [4.78, 5) is 23.6. The van der Waals surface area contributed by atoms with Crippen LogP contribution in [0.15, 0.2) is 66.7 Å². The highest BCUT2D eigenvalue weighted by Crippen LogP contribution is 2.38. The van der Waals surface area contributed by atoms with Crippen LogP contribution in [0.25, 0.3) is 22.3 Å². The summed E-state index contributed by atoms with van der Waals surface area (Å²) in [6.07, 6.45) is -4.53. The number of hydrogen-bond donors (Lipinski definition) is 0. The number of carbonyl (C=O) groups is 1. The zero-order valence-electron chi connectivity index (χ0n) is 15.8. The molecule has 0 saturated heterocycles. The first-order chi connectivity index (χ1) is 14.2. The Morgan fingerprint density at radius 1 is 0.967 bits per heavy atom. The molecule has 0 atom stereocenters. The van der Waals surface area contributed by atoms with Crippen LogP contribution in [0.4, 0.5) is 18.9 Å². The van der Waals surface area contributed by atoms with Crippen LogP contribution < -0.4 is 0 Å². The van der Waals surface area contributed by atoms with Gasteiger partial charge in [0.25, 0.3) is 5.69 Å². The summed E-state index contributed by atoms with van der Waals surface area (Å²) in [5.74, 6) is -0.681. The minimum atomic E-state index is -4.53. The smallest absolute Gasteiger partial charge is 0.416 e. The molecule has 0 aliphatic rings. The van der Waals surface area contributed by atoms with E-state index in [1.54, 1.807) is 37.3 Å². The number of nitro benzene ring substituents is 1. The zero-order chi connectivity index (χ0) is 21.9. The molecule has 30 heavy (non-hydrogen) atoms. The SMILES string of the molecule is CCOC(=O)c1cc(-c2ccc(C(F)(F)F)cc2)c([N+](=O)[O-])cc1-c1ccccc1. The van der Waals surface area contributed by atoms with Crippen LogP contribution in [0, 0.1) is 10.1 Å². The Morgan fingerprint density at radius 3 is 2.10 bits per heavy atom. The number of benzene rings is 3. The van der Waals surface area contributed by atoms with Gasteiger partial charge in [-0.3, -0.25) is 10.1 Å². The van der Waals surface area contributed by atoms with Gasteiger partial charge in [0, 0.05) is 11.6 Å². The topological polar surface area (TPSA) is 69.4 Å². The Kier molecular flexibility index (Phi) is 5.86. The van der Waals surface area contributed by atoms with Crippen LogP contribution in [0.3, 0.4) is 0 Å². The standard InChI is InChI=1S/C22H16F3NO4/c1-2-30-21(27)19-12-18(15-8-10-16(11-9-15)22(23,24)25)20(26(28)29)13-17(19)14-6-4-3-5-7-14/h3-13H,2H2,1H3. The molecule has 3 rings (SSSR count). The Bertz CT molecular complexity index is 1080. The maximum Gasteiger partial charge on any atom is 0.416 e. The van der Waals surface area contributed by atoms with Crippen molar-refractivity contribution in [2.75, 3.05) is 6.61 Å². The van der Waals surface area contributed by atoms with Gasteiger partial charge in [0.05, 0.1) is 28.2 Å². The molecule has 0 bridgehead atoms. The summed E-state index contributed by atoms with van der Waals surface area (Å²) in [5.41, 5.74) is -0.0408. The highest BCUT2D eigenvalue weighted by Gasteiger charge is 2.30. The van der Waals surface area contributed by atoms with Crippen LogP contribution in [0.1, 0.15) is 22.8 Å². The summed E-state index contributed by atoms with van der Waals surface area (Å²) in [6, 6.07) is 15.1. The molecular weight excluding hydrogens is 399 g/mol. The van der Waals surface area contributed by atoms with Gasteiger partial charge >= 0.3 is 12.1 Å². The lowest BCUT2D eigenvalue weighted by molar-refractivity contribution is -0.384. The Balaban J connectivity index is 2.24. The summed E-state index contributed by atoms with van der Waals surface area (Å²) in [5, 5.41) is 11.7. The molecular formula is C22H16F3NO4. The van der Waals surface area contributed by atoms with Crippen molar-refractivity contribution in [3.05, 3.63) is 88.0 Å². The van der Waals surface area contributed by atoms with E-state index in [1.807, 2.05) is 0 Å². The first kappa shape index (κ1) is 21.0.